The molecule has 2 unspecified atom stereocenters. The summed E-state index contributed by atoms with van der Waals surface area (Å²) in [5.74, 6) is 0.733. The maximum Gasteiger partial charge on any atom is 0.227 e. The van der Waals surface area contributed by atoms with E-state index in [0.717, 1.165) is 19.6 Å². The van der Waals surface area contributed by atoms with E-state index in [1.54, 1.807) is 18.2 Å². The maximum absolute atomic E-state index is 12.5. The molecular formula is C18H26N2O3. The number of amides is 1. The second-order valence-corrected chi connectivity index (χ2v) is 6.81. The van der Waals surface area contributed by atoms with E-state index in [0.29, 0.717) is 24.6 Å². The number of aliphatic hydroxyl groups is 1. The fourth-order valence-electron chi connectivity index (χ4n) is 3.79. The molecule has 2 aliphatic rings. The molecule has 2 fully saturated rings. The van der Waals surface area contributed by atoms with E-state index in [9.17, 15) is 15.0 Å². The van der Waals surface area contributed by atoms with Crippen LogP contribution < -0.4 is 0 Å². The van der Waals surface area contributed by atoms with Crippen LogP contribution >= 0.6 is 0 Å². The molecule has 0 aromatic heterocycles. The van der Waals surface area contributed by atoms with Gasteiger partial charge in [0.2, 0.25) is 5.91 Å². The lowest BCUT2D eigenvalue weighted by Crippen LogP contribution is -2.33. The van der Waals surface area contributed by atoms with Crippen LogP contribution in [0.1, 0.15) is 18.4 Å². The van der Waals surface area contributed by atoms with Gasteiger partial charge in [-0.1, -0.05) is 18.2 Å². The van der Waals surface area contributed by atoms with Gasteiger partial charge in [-0.05, 0) is 37.9 Å². The first-order valence-electron chi connectivity index (χ1n) is 8.55. The highest BCUT2D eigenvalue weighted by atomic mass is 16.3. The Morgan fingerprint density at radius 2 is 1.83 bits per heavy atom. The molecule has 23 heavy (non-hydrogen) atoms. The molecule has 2 aliphatic heterocycles. The summed E-state index contributed by atoms with van der Waals surface area (Å²) < 4.78 is 0. The van der Waals surface area contributed by atoms with Gasteiger partial charge in [-0.2, -0.15) is 0 Å². The quantitative estimate of drug-likeness (QED) is 0.853. The largest absolute Gasteiger partial charge is 0.508 e. The summed E-state index contributed by atoms with van der Waals surface area (Å²) >= 11 is 0. The lowest BCUT2D eigenvalue weighted by molar-refractivity contribution is -0.129. The number of hydrogen-bond donors (Lipinski definition) is 2. The van der Waals surface area contributed by atoms with Crippen molar-refractivity contribution in [3.8, 4) is 5.75 Å². The first-order valence-corrected chi connectivity index (χ1v) is 8.55. The number of aromatic hydroxyl groups is 1. The Labute approximate surface area is 137 Å². The van der Waals surface area contributed by atoms with Gasteiger partial charge >= 0.3 is 0 Å². The molecule has 126 valence electrons. The number of phenolic OH excluding ortho intramolecular Hbond substituents is 1. The van der Waals surface area contributed by atoms with Crippen LogP contribution in [0, 0.1) is 11.8 Å². The Kier molecular flexibility index (Phi) is 5.18. The van der Waals surface area contributed by atoms with Crippen LogP contribution in [0.4, 0.5) is 0 Å². The Hall–Kier alpha value is -1.59. The fraction of sp³-hybridized carbons (Fsp3) is 0.611. The molecule has 0 radical (unpaired) electrons. The van der Waals surface area contributed by atoms with Crippen molar-refractivity contribution in [1.82, 2.24) is 9.80 Å². The van der Waals surface area contributed by atoms with Crippen LogP contribution in [0.25, 0.3) is 0 Å². The Morgan fingerprint density at radius 1 is 1.13 bits per heavy atom. The average molecular weight is 318 g/mol. The summed E-state index contributed by atoms with van der Waals surface area (Å²) in [6.07, 6.45) is 2.74. The number of likely N-dealkylation sites (tertiary alicyclic amines) is 2. The van der Waals surface area contributed by atoms with Crippen LogP contribution in [-0.2, 0) is 11.2 Å². The molecule has 0 saturated carbocycles. The predicted octanol–water partition coefficient (Wildman–Crippen LogP) is 1.10. The lowest BCUT2D eigenvalue weighted by Gasteiger charge is -2.23. The fourth-order valence-corrected chi connectivity index (χ4v) is 3.79. The van der Waals surface area contributed by atoms with Gasteiger partial charge in [-0.3, -0.25) is 4.79 Å². The van der Waals surface area contributed by atoms with E-state index in [-0.39, 0.29) is 30.6 Å². The average Bonchev–Trinajstić information content (AvgIpc) is 3.19. The third kappa shape index (κ3) is 3.85. The van der Waals surface area contributed by atoms with Gasteiger partial charge in [0, 0.05) is 37.7 Å². The van der Waals surface area contributed by atoms with Crippen molar-refractivity contribution in [3.05, 3.63) is 29.8 Å². The smallest absolute Gasteiger partial charge is 0.227 e. The minimum atomic E-state index is 0.0360. The molecule has 0 bridgehead atoms. The minimum absolute atomic E-state index is 0.0360. The zero-order chi connectivity index (χ0) is 16.2. The molecule has 1 aromatic rings. The van der Waals surface area contributed by atoms with Gasteiger partial charge in [0.25, 0.3) is 0 Å². The van der Waals surface area contributed by atoms with Crippen molar-refractivity contribution in [2.75, 3.05) is 39.3 Å². The highest BCUT2D eigenvalue weighted by Gasteiger charge is 2.36. The van der Waals surface area contributed by atoms with Crippen molar-refractivity contribution in [3.63, 3.8) is 0 Å². The van der Waals surface area contributed by atoms with Gasteiger partial charge in [0.15, 0.2) is 0 Å². The van der Waals surface area contributed by atoms with Crippen LogP contribution in [0.3, 0.4) is 0 Å². The highest BCUT2D eigenvalue weighted by Crippen LogP contribution is 2.27. The highest BCUT2D eigenvalue weighted by molar-refractivity contribution is 5.79. The number of nitrogens with zero attached hydrogens (tertiary/aromatic N) is 2. The number of hydrogen-bond acceptors (Lipinski definition) is 4. The van der Waals surface area contributed by atoms with Gasteiger partial charge < -0.3 is 20.0 Å². The van der Waals surface area contributed by atoms with Gasteiger partial charge in [-0.25, -0.2) is 0 Å². The van der Waals surface area contributed by atoms with E-state index in [1.165, 1.54) is 12.8 Å². The van der Waals surface area contributed by atoms with E-state index in [1.807, 2.05) is 11.0 Å². The first-order chi connectivity index (χ1) is 11.2. The Balaban J connectivity index is 1.59. The molecule has 3 rings (SSSR count). The number of para-hydroxylation sites is 1. The summed E-state index contributed by atoms with van der Waals surface area (Å²) in [4.78, 5) is 16.8. The van der Waals surface area contributed by atoms with Crippen LogP contribution in [0.2, 0.25) is 0 Å². The molecular weight excluding hydrogens is 292 g/mol. The molecule has 2 N–H and O–H groups in total. The molecule has 0 aliphatic carbocycles. The minimum Gasteiger partial charge on any atom is -0.508 e. The molecule has 1 amide bonds. The predicted molar refractivity (Wildman–Crippen MR) is 88.1 cm³/mol. The van der Waals surface area contributed by atoms with Crippen LogP contribution in [-0.4, -0.2) is 65.3 Å². The second-order valence-electron chi connectivity index (χ2n) is 6.81. The zero-order valence-corrected chi connectivity index (χ0v) is 13.5. The van der Waals surface area contributed by atoms with E-state index in [4.69, 9.17) is 0 Å². The van der Waals surface area contributed by atoms with Crippen molar-refractivity contribution >= 4 is 5.91 Å². The molecule has 0 spiro atoms. The van der Waals surface area contributed by atoms with Crippen molar-refractivity contribution < 1.29 is 15.0 Å². The molecule has 1 aromatic carbocycles. The number of carbonyl (C=O) groups is 1. The number of benzene rings is 1. The summed E-state index contributed by atoms with van der Waals surface area (Å²) in [7, 11) is 0. The van der Waals surface area contributed by atoms with Gasteiger partial charge in [0.1, 0.15) is 5.75 Å². The normalized spacial score (nSPS) is 25.2. The SMILES string of the molecule is O=C(Cc1ccccc1O)N1CC(CO)C(CN2CCCC2)C1. The van der Waals surface area contributed by atoms with Gasteiger partial charge in [0.05, 0.1) is 6.42 Å². The summed E-state index contributed by atoms with van der Waals surface area (Å²) in [5.41, 5.74) is 0.668. The van der Waals surface area contributed by atoms with Crippen molar-refractivity contribution in [1.29, 1.82) is 0 Å². The third-order valence-corrected chi connectivity index (χ3v) is 5.19. The molecule has 5 nitrogen and oxygen atoms in total. The Bertz CT molecular complexity index is 543. The zero-order valence-electron chi connectivity index (χ0n) is 13.5. The summed E-state index contributed by atoms with van der Waals surface area (Å²) in [6.45, 7) is 4.74. The number of carbonyl (C=O) groups excluding carboxylic acids is 1. The van der Waals surface area contributed by atoms with Gasteiger partial charge in [-0.15, -0.1) is 0 Å². The molecule has 2 saturated heterocycles. The summed E-state index contributed by atoms with van der Waals surface area (Å²) in [6, 6.07) is 6.99. The topological polar surface area (TPSA) is 64.0 Å². The van der Waals surface area contributed by atoms with Crippen molar-refractivity contribution in [2.24, 2.45) is 11.8 Å². The molecule has 2 heterocycles. The summed E-state index contributed by atoms with van der Waals surface area (Å²) in [5, 5.41) is 19.5. The Morgan fingerprint density at radius 3 is 2.52 bits per heavy atom. The standard InChI is InChI=1S/C18H26N2O3/c21-13-16-12-20(11-15(16)10-19-7-3-4-8-19)18(23)9-14-5-1-2-6-17(14)22/h1-2,5-6,15-16,21-22H,3-4,7-13H2. The number of rotatable bonds is 5. The lowest BCUT2D eigenvalue weighted by atomic mass is 9.96. The maximum atomic E-state index is 12.5. The van der Waals surface area contributed by atoms with E-state index < -0.39 is 0 Å². The number of phenols is 1. The first kappa shape index (κ1) is 16.3. The van der Waals surface area contributed by atoms with E-state index in [2.05, 4.69) is 4.90 Å². The monoisotopic (exact) mass is 318 g/mol. The van der Waals surface area contributed by atoms with Crippen LogP contribution in [0.15, 0.2) is 24.3 Å². The molecule has 2 atom stereocenters. The third-order valence-electron chi connectivity index (χ3n) is 5.19. The van der Waals surface area contributed by atoms with Crippen LogP contribution in [0.5, 0.6) is 5.75 Å². The second kappa shape index (κ2) is 7.32. The number of aliphatic hydroxyl groups excluding tert-OH is 1. The van der Waals surface area contributed by atoms with Crippen molar-refractivity contribution in [2.45, 2.75) is 19.3 Å². The van der Waals surface area contributed by atoms with E-state index >= 15 is 0 Å². The molecule has 5 heteroatoms.